The first-order valence-electron chi connectivity index (χ1n) is 13.1. The van der Waals surface area contributed by atoms with Crippen LogP contribution < -0.4 is 15.5 Å². The molecular weight excluding hydrogens is 504 g/mol. The summed E-state index contributed by atoms with van der Waals surface area (Å²) in [4.78, 5) is 32.6. The van der Waals surface area contributed by atoms with Crippen LogP contribution in [-0.4, -0.2) is 53.3 Å². The highest BCUT2D eigenvalue weighted by molar-refractivity contribution is 6.06. The summed E-state index contributed by atoms with van der Waals surface area (Å²) in [6, 6.07) is 22.5. The number of ether oxygens (including phenoxy) is 1. The van der Waals surface area contributed by atoms with Gasteiger partial charge in [-0.2, -0.15) is 5.10 Å². The lowest BCUT2D eigenvalue weighted by molar-refractivity contribution is 0.101. The Kier molecular flexibility index (Phi) is 6.95. The zero-order chi connectivity index (χ0) is 27.5. The molecule has 1 saturated heterocycles. The number of H-pyrrole nitrogens is 1. The first kappa shape index (κ1) is 25.3. The lowest BCUT2D eigenvalue weighted by atomic mass is 10.0. The van der Waals surface area contributed by atoms with E-state index >= 15 is 0 Å². The topological polar surface area (TPSA) is 112 Å². The van der Waals surface area contributed by atoms with Crippen molar-refractivity contribution in [3.63, 3.8) is 0 Å². The number of anilines is 3. The number of hydrogen-bond acceptors (Lipinski definition) is 6. The van der Waals surface area contributed by atoms with Crippen LogP contribution in [0.15, 0.2) is 85.2 Å². The molecule has 0 spiro atoms. The molecule has 9 nitrogen and oxygen atoms in total. The molecule has 3 heterocycles. The molecule has 0 radical (unpaired) electrons. The monoisotopic (exact) mass is 532 g/mol. The predicted octanol–water partition coefficient (Wildman–Crippen LogP) is 5.27. The van der Waals surface area contributed by atoms with Gasteiger partial charge < -0.3 is 20.3 Å². The number of pyridine rings is 1. The number of amides is 2. The third kappa shape index (κ3) is 5.41. The lowest BCUT2D eigenvalue weighted by Crippen LogP contribution is -2.36. The zero-order valence-electron chi connectivity index (χ0n) is 22.0. The Hall–Kier alpha value is -5.02. The maximum absolute atomic E-state index is 13.1. The smallest absolute Gasteiger partial charge is 0.257 e. The van der Waals surface area contributed by atoms with Crippen molar-refractivity contribution >= 4 is 39.8 Å². The maximum Gasteiger partial charge on any atom is 0.257 e. The Labute approximate surface area is 231 Å². The van der Waals surface area contributed by atoms with E-state index in [4.69, 9.17) is 4.74 Å². The van der Waals surface area contributed by atoms with Gasteiger partial charge in [0.2, 0.25) is 0 Å². The van der Waals surface area contributed by atoms with Crippen molar-refractivity contribution in [1.82, 2.24) is 15.2 Å². The van der Waals surface area contributed by atoms with E-state index in [1.54, 1.807) is 30.6 Å². The predicted molar refractivity (Wildman–Crippen MR) is 156 cm³/mol. The molecule has 1 aliphatic heterocycles. The van der Waals surface area contributed by atoms with Crippen LogP contribution in [-0.2, 0) is 4.74 Å². The van der Waals surface area contributed by atoms with E-state index in [9.17, 15) is 9.59 Å². The van der Waals surface area contributed by atoms with E-state index in [1.165, 1.54) is 0 Å². The number of fused-ring (bicyclic) bond motifs is 1. The van der Waals surface area contributed by atoms with E-state index in [2.05, 4.69) is 30.7 Å². The van der Waals surface area contributed by atoms with Crippen LogP contribution in [0.5, 0.6) is 0 Å². The van der Waals surface area contributed by atoms with E-state index < -0.39 is 0 Å². The number of nitrogens with zero attached hydrogens (tertiary/aromatic N) is 3. The largest absolute Gasteiger partial charge is 0.378 e. The summed E-state index contributed by atoms with van der Waals surface area (Å²) in [6.07, 6.45) is 3.27. The van der Waals surface area contributed by atoms with Gasteiger partial charge in [0.1, 0.15) is 0 Å². The quantitative estimate of drug-likeness (QED) is 0.275. The summed E-state index contributed by atoms with van der Waals surface area (Å²) in [5.41, 5.74) is 6.78. The molecule has 3 aromatic carbocycles. The van der Waals surface area contributed by atoms with Gasteiger partial charge in [0.05, 0.1) is 36.2 Å². The highest BCUT2D eigenvalue weighted by Crippen LogP contribution is 2.25. The molecule has 1 aliphatic rings. The minimum Gasteiger partial charge on any atom is -0.378 e. The standard InChI is InChI=1S/C31H28N6O3/c1-20-2-3-21(30(38)34-24-7-9-26(10-8-24)37-12-14-40-15-13-37)16-27(20)28-11-5-23(18-32-28)31(39)35-25-6-4-22-19-33-36-29(22)17-25/h2-11,16-19H,12-15H2,1H3,(H,33,36)(H,34,38)(H,35,39). The Morgan fingerprint density at radius 1 is 0.825 bits per heavy atom. The van der Waals surface area contributed by atoms with Gasteiger partial charge in [-0.05, 0) is 79.2 Å². The molecule has 0 bridgehead atoms. The van der Waals surface area contributed by atoms with Crippen LogP contribution in [0.2, 0.25) is 0 Å². The Balaban J connectivity index is 1.13. The maximum atomic E-state index is 13.1. The Bertz CT molecular complexity index is 1670. The van der Waals surface area contributed by atoms with Gasteiger partial charge in [0.25, 0.3) is 11.8 Å². The average molecular weight is 533 g/mol. The van der Waals surface area contributed by atoms with Crippen LogP contribution in [0.3, 0.4) is 0 Å². The van der Waals surface area contributed by atoms with Gasteiger partial charge in [0, 0.05) is 52.9 Å². The summed E-state index contributed by atoms with van der Waals surface area (Å²) in [5, 5.41) is 13.7. The Morgan fingerprint density at radius 2 is 1.55 bits per heavy atom. The van der Waals surface area contributed by atoms with Gasteiger partial charge in [-0.1, -0.05) is 6.07 Å². The van der Waals surface area contributed by atoms with Crippen molar-refractivity contribution in [3.05, 3.63) is 102 Å². The van der Waals surface area contributed by atoms with E-state index in [-0.39, 0.29) is 11.8 Å². The fraction of sp³-hybridized carbons (Fsp3) is 0.161. The second-order valence-corrected chi connectivity index (χ2v) is 9.69. The number of hydrogen-bond donors (Lipinski definition) is 3. The summed E-state index contributed by atoms with van der Waals surface area (Å²) >= 11 is 0. The van der Waals surface area contributed by atoms with Crippen LogP contribution in [0.1, 0.15) is 26.3 Å². The number of nitrogens with one attached hydrogen (secondary N) is 3. The number of aryl methyl sites for hydroxylation is 1. The number of rotatable bonds is 6. The normalized spacial score (nSPS) is 13.3. The second-order valence-electron chi connectivity index (χ2n) is 9.69. The number of aromatic nitrogens is 3. The summed E-state index contributed by atoms with van der Waals surface area (Å²) in [6.45, 7) is 5.14. The molecule has 200 valence electrons. The third-order valence-electron chi connectivity index (χ3n) is 7.00. The fourth-order valence-corrected chi connectivity index (χ4v) is 4.73. The fourth-order valence-electron chi connectivity index (χ4n) is 4.73. The van der Waals surface area contributed by atoms with E-state index in [0.717, 1.165) is 59.7 Å². The summed E-state index contributed by atoms with van der Waals surface area (Å²) < 4.78 is 5.42. The van der Waals surface area contributed by atoms with Crippen LogP contribution >= 0.6 is 0 Å². The second kappa shape index (κ2) is 11.0. The molecule has 40 heavy (non-hydrogen) atoms. The minimum absolute atomic E-state index is 0.203. The molecule has 0 aliphatic carbocycles. The third-order valence-corrected chi connectivity index (χ3v) is 7.00. The number of carbonyl (C=O) groups is 2. The molecule has 0 saturated carbocycles. The number of benzene rings is 3. The molecule has 1 fully saturated rings. The highest BCUT2D eigenvalue weighted by atomic mass is 16.5. The lowest BCUT2D eigenvalue weighted by Gasteiger charge is -2.28. The van der Waals surface area contributed by atoms with Crippen molar-refractivity contribution in [3.8, 4) is 11.3 Å². The van der Waals surface area contributed by atoms with Crippen molar-refractivity contribution < 1.29 is 14.3 Å². The molecule has 0 atom stereocenters. The highest BCUT2D eigenvalue weighted by Gasteiger charge is 2.14. The van der Waals surface area contributed by atoms with Crippen molar-refractivity contribution in [2.45, 2.75) is 6.92 Å². The van der Waals surface area contributed by atoms with Gasteiger partial charge in [0.15, 0.2) is 0 Å². The SMILES string of the molecule is Cc1ccc(C(=O)Nc2ccc(N3CCOCC3)cc2)cc1-c1ccc(C(=O)Nc2ccc3cn[nH]c3c2)cn1. The van der Waals surface area contributed by atoms with Gasteiger partial charge in [-0.3, -0.25) is 19.7 Å². The van der Waals surface area contributed by atoms with Crippen LogP contribution in [0.25, 0.3) is 22.2 Å². The van der Waals surface area contributed by atoms with Crippen molar-refractivity contribution in [1.29, 1.82) is 0 Å². The average Bonchev–Trinajstić information content (AvgIpc) is 3.46. The first-order valence-corrected chi connectivity index (χ1v) is 13.1. The number of carbonyl (C=O) groups excluding carboxylic acids is 2. The first-order chi connectivity index (χ1) is 19.5. The van der Waals surface area contributed by atoms with Crippen molar-refractivity contribution in [2.24, 2.45) is 0 Å². The van der Waals surface area contributed by atoms with Gasteiger partial charge in [-0.25, -0.2) is 0 Å². The minimum atomic E-state index is -0.262. The van der Waals surface area contributed by atoms with Crippen LogP contribution in [0, 0.1) is 6.92 Å². The summed E-state index contributed by atoms with van der Waals surface area (Å²) in [7, 11) is 0. The van der Waals surface area contributed by atoms with Crippen LogP contribution in [0.4, 0.5) is 17.1 Å². The molecule has 6 rings (SSSR count). The van der Waals surface area contributed by atoms with Gasteiger partial charge in [-0.15, -0.1) is 0 Å². The zero-order valence-corrected chi connectivity index (χ0v) is 22.0. The Morgan fingerprint density at radius 3 is 2.33 bits per heavy atom. The molecular formula is C31H28N6O3. The molecule has 2 aromatic heterocycles. The molecule has 2 amide bonds. The van der Waals surface area contributed by atoms with Gasteiger partial charge >= 0.3 is 0 Å². The van der Waals surface area contributed by atoms with E-state index in [0.29, 0.717) is 22.5 Å². The number of aromatic amines is 1. The number of morpholine rings is 1. The summed E-state index contributed by atoms with van der Waals surface area (Å²) in [5.74, 6) is -0.465. The molecule has 0 unspecified atom stereocenters. The molecule has 9 heteroatoms. The molecule has 3 N–H and O–H groups in total. The van der Waals surface area contributed by atoms with Crippen molar-refractivity contribution in [2.75, 3.05) is 41.8 Å². The van der Waals surface area contributed by atoms with E-state index in [1.807, 2.05) is 61.5 Å². The molecule has 5 aromatic rings.